The van der Waals surface area contributed by atoms with Crippen molar-refractivity contribution in [3.63, 3.8) is 0 Å². The third-order valence-corrected chi connectivity index (χ3v) is 5.45. The standard InChI is InChI=1S/C17H20N4OS/c1-11-19-20-17(21(11)14-9-10-14)23-15(12-5-3-2-4-6-12)16(22)18-13-7-8-13/h2-6,13-15H,7-10H2,1H3,(H,18,22)/t15-/m0/s1. The SMILES string of the molecule is Cc1nnc(S[C@H](C(=O)NC2CC2)c2ccccc2)n1C1CC1. The topological polar surface area (TPSA) is 59.8 Å². The predicted octanol–water partition coefficient (Wildman–Crippen LogP) is 3.03. The molecule has 2 saturated carbocycles. The average molecular weight is 328 g/mol. The molecule has 0 radical (unpaired) electrons. The number of nitrogens with zero attached hydrogens (tertiary/aromatic N) is 3. The van der Waals surface area contributed by atoms with Crippen molar-refractivity contribution in [3.8, 4) is 0 Å². The lowest BCUT2D eigenvalue weighted by molar-refractivity contribution is -0.120. The molecule has 1 aromatic carbocycles. The molecule has 120 valence electrons. The molecule has 2 aliphatic rings. The Bertz CT molecular complexity index is 707. The molecule has 0 aliphatic heterocycles. The van der Waals surface area contributed by atoms with Crippen LogP contribution in [0.2, 0.25) is 0 Å². The van der Waals surface area contributed by atoms with Crippen LogP contribution in [0.1, 0.15) is 48.4 Å². The second-order valence-corrected chi connectivity index (χ2v) is 7.39. The van der Waals surface area contributed by atoms with E-state index < -0.39 is 0 Å². The first-order valence-corrected chi connectivity index (χ1v) is 9.04. The van der Waals surface area contributed by atoms with Crippen molar-refractivity contribution in [2.24, 2.45) is 0 Å². The van der Waals surface area contributed by atoms with Gasteiger partial charge in [0, 0.05) is 12.1 Å². The van der Waals surface area contributed by atoms with Gasteiger partial charge in [-0.15, -0.1) is 10.2 Å². The molecule has 0 spiro atoms. The van der Waals surface area contributed by atoms with Crippen molar-refractivity contribution in [1.82, 2.24) is 20.1 Å². The normalized spacial score (nSPS) is 18.7. The summed E-state index contributed by atoms with van der Waals surface area (Å²) in [5.41, 5.74) is 1.01. The van der Waals surface area contributed by atoms with Gasteiger partial charge in [-0.2, -0.15) is 0 Å². The van der Waals surface area contributed by atoms with Crippen LogP contribution in [0, 0.1) is 6.92 Å². The highest BCUT2D eigenvalue weighted by Gasteiger charge is 2.33. The zero-order valence-corrected chi connectivity index (χ0v) is 13.9. The zero-order chi connectivity index (χ0) is 15.8. The summed E-state index contributed by atoms with van der Waals surface area (Å²) in [4.78, 5) is 12.7. The Morgan fingerprint density at radius 1 is 1.22 bits per heavy atom. The van der Waals surface area contributed by atoms with Gasteiger partial charge in [0.15, 0.2) is 5.16 Å². The van der Waals surface area contributed by atoms with Crippen molar-refractivity contribution < 1.29 is 4.79 Å². The first-order valence-electron chi connectivity index (χ1n) is 8.16. The van der Waals surface area contributed by atoms with Crippen LogP contribution in [0.4, 0.5) is 0 Å². The number of aryl methyl sites for hydroxylation is 1. The molecule has 23 heavy (non-hydrogen) atoms. The summed E-state index contributed by atoms with van der Waals surface area (Å²) in [7, 11) is 0. The van der Waals surface area contributed by atoms with E-state index in [9.17, 15) is 4.79 Å². The maximum absolute atomic E-state index is 12.7. The van der Waals surface area contributed by atoms with Gasteiger partial charge >= 0.3 is 0 Å². The lowest BCUT2D eigenvalue weighted by atomic mass is 10.1. The molecule has 2 aromatic rings. The number of nitrogens with one attached hydrogen (secondary N) is 1. The minimum atomic E-state index is -0.280. The summed E-state index contributed by atoms with van der Waals surface area (Å²) >= 11 is 1.51. The minimum Gasteiger partial charge on any atom is -0.352 e. The van der Waals surface area contributed by atoms with Crippen LogP contribution in [-0.4, -0.2) is 26.7 Å². The Morgan fingerprint density at radius 3 is 2.61 bits per heavy atom. The van der Waals surface area contributed by atoms with Crippen LogP contribution in [-0.2, 0) is 4.79 Å². The highest BCUT2D eigenvalue weighted by Crippen LogP contribution is 2.42. The lowest BCUT2D eigenvalue weighted by Gasteiger charge is -2.17. The fourth-order valence-electron chi connectivity index (χ4n) is 2.69. The van der Waals surface area contributed by atoms with Crippen LogP contribution in [0.5, 0.6) is 0 Å². The smallest absolute Gasteiger partial charge is 0.238 e. The molecule has 1 atom stereocenters. The molecule has 0 bridgehead atoms. The first kappa shape index (κ1) is 14.8. The number of amides is 1. The molecule has 4 rings (SSSR count). The van der Waals surface area contributed by atoms with Gasteiger partial charge in [0.1, 0.15) is 11.1 Å². The Kier molecular flexibility index (Phi) is 3.85. The van der Waals surface area contributed by atoms with E-state index in [0.717, 1.165) is 29.4 Å². The van der Waals surface area contributed by atoms with E-state index in [0.29, 0.717) is 12.1 Å². The molecule has 2 aliphatic carbocycles. The maximum Gasteiger partial charge on any atom is 0.238 e. The first-order chi connectivity index (χ1) is 11.2. The van der Waals surface area contributed by atoms with Crippen LogP contribution in [0.3, 0.4) is 0 Å². The van der Waals surface area contributed by atoms with Crippen molar-refractivity contribution in [2.45, 2.75) is 55.1 Å². The van der Waals surface area contributed by atoms with Gasteiger partial charge in [-0.3, -0.25) is 4.79 Å². The third kappa shape index (κ3) is 3.27. The van der Waals surface area contributed by atoms with Gasteiger partial charge in [0.05, 0.1) is 0 Å². The number of rotatable bonds is 6. The molecule has 2 fully saturated rings. The summed E-state index contributed by atoms with van der Waals surface area (Å²) in [6.07, 6.45) is 4.54. The van der Waals surface area contributed by atoms with Gasteiger partial charge in [-0.25, -0.2) is 0 Å². The van der Waals surface area contributed by atoms with Crippen LogP contribution >= 0.6 is 11.8 Å². The molecular formula is C17H20N4OS. The van der Waals surface area contributed by atoms with E-state index in [4.69, 9.17) is 0 Å². The average Bonchev–Trinajstić information content (AvgIpc) is 3.47. The fourth-order valence-corrected chi connectivity index (χ4v) is 3.86. The van der Waals surface area contributed by atoms with Crippen molar-refractivity contribution in [3.05, 3.63) is 41.7 Å². The van der Waals surface area contributed by atoms with E-state index in [1.807, 2.05) is 37.3 Å². The molecule has 0 unspecified atom stereocenters. The number of aromatic nitrogens is 3. The zero-order valence-electron chi connectivity index (χ0n) is 13.1. The van der Waals surface area contributed by atoms with E-state index in [-0.39, 0.29) is 11.2 Å². The molecule has 0 saturated heterocycles. The fraction of sp³-hybridized carbons (Fsp3) is 0.471. The summed E-state index contributed by atoms with van der Waals surface area (Å²) < 4.78 is 2.19. The molecule has 6 heteroatoms. The van der Waals surface area contributed by atoms with Crippen molar-refractivity contribution in [2.75, 3.05) is 0 Å². The van der Waals surface area contributed by atoms with E-state index >= 15 is 0 Å². The second kappa shape index (κ2) is 6.00. The third-order valence-electron chi connectivity index (χ3n) is 4.23. The number of carbonyl (C=O) groups excluding carboxylic acids is 1. The quantitative estimate of drug-likeness (QED) is 0.828. The molecule has 1 N–H and O–H groups in total. The van der Waals surface area contributed by atoms with Gasteiger partial charge in [-0.1, -0.05) is 42.1 Å². The van der Waals surface area contributed by atoms with Gasteiger partial charge in [0.2, 0.25) is 5.91 Å². The number of hydrogen-bond acceptors (Lipinski definition) is 4. The monoisotopic (exact) mass is 328 g/mol. The van der Waals surface area contributed by atoms with Gasteiger partial charge in [-0.05, 0) is 38.2 Å². The Labute approximate surface area is 139 Å². The van der Waals surface area contributed by atoms with Gasteiger partial charge in [0.25, 0.3) is 0 Å². The predicted molar refractivity (Wildman–Crippen MR) is 89.2 cm³/mol. The molecule has 1 aromatic heterocycles. The summed E-state index contributed by atoms with van der Waals surface area (Å²) in [6, 6.07) is 10.8. The van der Waals surface area contributed by atoms with Crippen molar-refractivity contribution >= 4 is 17.7 Å². The van der Waals surface area contributed by atoms with Crippen LogP contribution in [0.15, 0.2) is 35.5 Å². The molecule has 5 nitrogen and oxygen atoms in total. The summed E-state index contributed by atoms with van der Waals surface area (Å²) in [5.74, 6) is 1.01. The number of carbonyl (C=O) groups is 1. The molecule has 1 amide bonds. The Balaban J connectivity index is 1.61. The number of thioether (sulfide) groups is 1. The maximum atomic E-state index is 12.7. The highest BCUT2D eigenvalue weighted by molar-refractivity contribution is 8.00. The number of benzene rings is 1. The Hall–Kier alpha value is -1.82. The summed E-state index contributed by atoms with van der Waals surface area (Å²) in [6.45, 7) is 1.98. The van der Waals surface area contributed by atoms with E-state index in [1.165, 1.54) is 24.6 Å². The number of hydrogen-bond donors (Lipinski definition) is 1. The minimum absolute atomic E-state index is 0.0756. The van der Waals surface area contributed by atoms with E-state index in [1.54, 1.807) is 0 Å². The Morgan fingerprint density at radius 2 is 1.96 bits per heavy atom. The second-order valence-electron chi connectivity index (χ2n) is 6.32. The highest BCUT2D eigenvalue weighted by atomic mass is 32.2. The summed E-state index contributed by atoms with van der Waals surface area (Å²) in [5, 5.41) is 12.2. The van der Waals surface area contributed by atoms with Crippen molar-refractivity contribution in [1.29, 1.82) is 0 Å². The molecular weight excluding hydrogens is 308 g/mol. The molecule has 1 heterocycles. The van der Waals surface area contributed by atoms with Crippen LogP contribution in [0.25, 0.3) is 0 Å². The largest absolute Gasteiger partial charge is 0.352 e. The van der Waals surface area contributed by atoms with Crippen LogP contribution < -0.4 is 5.32 Å². The van der Waals surface area contributed by atoms with E-state index in [2.05, 4.69) is 20.1 Å². The lowest BCUT2D eigenvalue weighted by Crippen LogP contribution is -2.30. The van der Waals surface area contributed by atoms with Gasteiger partial charge < -0.3 is 9.88 Å².